The molecule has 114 valence electrons. The van der Waals surface area contributed by atoms with E-state index in [2.05, 4.69) is 11.1 Å². The number of halogens is 1. The van der Waals surface area contributed by atoms with Gasteiger partial charge in [0.2, 0.25) is 0 Å². The Morgan fingerprint density at radius 1 is 1.45 bits per heavy atom. The average Bonchev–Trinajstić information content (AvgIpc) is 2.46. The fraction of sp³-hybridized carbons (Fsp3) is 0.389. The van der Waals surface area contributed by atoms with Crippen LogP contribution in [0.25, 0.3) is 10.9 Å². The van der Waals surface area contributed by atoms with E-state index in [0.29, 0.717) is 23.3 Å². The highest BCUT2D eigenvalue weighted by Gasteiger charge is 2.29. The number of Topliss-reactive ketones (excluding diaryl/α,β-unsaturated/α-hetero) is 1. The number of para-hydroxylation sites is 1. The number of hydrogen-bond donors (Lipinski definition) is 0. The van der Waals surface area contributed by atoms with Gasteiger partial charge in [-0.2, -0.15) is 5.26 Å². The summed E-state index contributed by atoms with van der Waals surface area (Å²) in [6.07, 6.45) is 2.19. The van der Waals surface area contributed by atoms with E-state index in [1.54, 1.807) is 25.1 Å². The lowest BCUT2D eigenvalue weighted by Crippen LogP contribution is -2.21. The molecule has 0 radical (unpaired) electrons. The van der Waals surface area contributed by atoms with Gasteiger partial charge in [-0.05, 0) is 31.4 Å². The number of hydrogen-bond acceptors (Lipinski definition) is 3. The second-order valence-corrected chi connectivity index (χ2v) is 6.41. The number of rotatable bonds is 5. The molecule has 1 aromatic heterocycles. The van der Waals surface area contributed by atoms with Gasteiger partial charge in [0.05, 0.1) is 11.5 Å². The minimum atomic E-state index is -0.692. The summed E-state index contributed by atoms with van der Waals surface area (Å²) < 4.78 is 13.6. The van der Waals surface area contributed by atoms with Gasteiger partial charge in [-0.15, -0.1) is 0 Å². The second-order valence-electron chi connectivity index (χ2n) is 6.41. The van der Waals surface area contributed by atoms with Crippen LogP contribution in [-0.2, 0) is 0 Å². The molecule has 1 aromatic carbocycles. The summed E-state index contributed by atoms with van der Waals surface area (Å²) in [4.78, 5) is 16.5. The molecule has 0 bridgehead atoms. The molecule has 0 aliphatic carbocycles. The molecule has 1 atom stereocenters. The molecular formula is C18H19FN2O. The van der Waals surface area contributed by atoms with Crippen molar-refractivity contribution in [1.29, 1.82) is 5.26 Å². The van der Waals surface area contributed by atoms with Crippen molar-refractivity contribution in [2.45, 2.75) is 33.6 Å². The first kappa shape index (κ1) is 16.1. The van der Waals surface area contributed by atoms with Gasteiger partial charge in [0.15, 0.2) is 5.78 Å². The van der Waals surface area contributed by atoms with Gasteiger partial charge < -0.3 is 0 Å². The Morgan fingerprint density at radius 3 is 2.82 bits per heavy atom. The average molecular weight is 298 g/mol. The number of carbonyl (C=O) groups excluding carboxylic acids is 1. The first-order chi connectivity index (χ1) is 10.3. The summed E-state index contributed by atoms with van der Waals surface area (Å²) in [6.45, 7) is 5.86. The number of fused-ring (bicyclic) bond motifs is 1. The summed E-state index contributed by atoms with van der Waals surface area (Å²) >= 11 is 0. The van der Waals surface area contributed by atoms with E-state index in [1.165, 1.54) is 12.3 Å². The molecule has 1 heterocycles. The molecule has 2 rings (SSSR count). The molecule has 2 aromatic rings. The maximum Gasteiger partial charge on any atom is 0.166 e. The molecule has 0 saturated heterocycles. The molecule has 3 nitrogen and oxygen atoms in total. The van der Waals surface area contributed by atoms with Crippen molar-refractivity contribution in [3.05, 3.63) is 41.8 Å². The molecule has 22 heavy (non-hydrogen) atoms. The molecule has 0 N–H and O–H groups in total. The highest BCUT2D eigenvalue weighted by Crippen LogP contribution is 2.31. The van der Waals surface area contributed by atoms with Crippen LogP contribution in [0.4, 0.5) is 4.39 Å². The number of nitrogens with zero attached hydrogens (tertiary/aromatic N) is 2. The Bertz CT molecular complexity index is 748. The summed E-state index contributed by atoms with van der Waals surface area (Å²) in [6, 6.07) is 8.55. The van der Waals surface area contributed by atoms with E-state index in [-0.39, 0.29) is 17.7 Å². The Morgan fingerprint density at radius 2 is 2.18 bits per heavy atom. The van der Waals surface area contributed by atoms with Gasteiger partial charge in [-0.1, -0.05) is 26.0 Å². The van der Waals surface area contributed by atoms with E-state index >= 15 is 0 Å². The lowest BCUT2D eigenvalue weighted by Gasteiger charge is -2.22. The smallest absolute Gasteiger partial charge is 0.166 e. The Labute approximate surface area is 129 Å². The number of nitriles is 1. The van der Waals surface area contributed by atoms with E-state index < -0.39 is 11.2 Å². The van der Waals surface area contributed by atoms with Crippen LogP contribution >= 0.6 is 0 Å². The molecule has 0 aliphatic rings. The first-order valence-electron chi connectivity index (χ1n) is 7.33. The molecular weight excluding hydrogens is 279 g/mol. The minimum absolute atomic E-state index is 0.136. The van der Waals surface area contributed by atoms with Crippen LogP contribution in [0.5, 0.6) is 0 Å². The lowest BCUT2D eigenvalue weighted by atomic mass is 9.78. The summed E-state index contributed by atoms with van der Waals surface area (Å²) in [5.74, 6) is -0.206. The zero-order valence-electron chi connectivity index (χ0n) is 13.1. The van der Waals surface area contributed by atoms with Crippen LogP contribution in [0.15, 0.2) is 30.5 Å². The standard InChI is InChI=1S/C18H19FN2O/c1-12(2)8-18(3,11-20)9-16(22)14-7-13-5-4-6-15(19)17(13)21-10-14/h4-7,10,12H,8-9H2,1-3H3. The fourth-order valence-corrected chi connectivity index (χ4v) is 2.79. The highest BCUT2D eigenvalue weighted by atomic mass is 19.1. The summed E-state index contributed by atoms with van der Waals surface area (Å²) in [5.41, 5.74) is -0.0186. The SMILES string of the molecule is CC(C)CC(C)(C#N)CC(=O)c1cnc2c(F)cccc2c1. The maximum atomic E-state index is 13.6. The predicted molar refractivity (Wildman–Crippen MR) is 83.8 cm³/mol. The van der Waals surface area contributed by atoms with Crippen molar-refractivity contribution >= 4 is 16.7 Å². The van der Waals surface area contributed by atoms with Gasteiger partial charge in [0.1, 0.15) is 11.3 Å². The van der Waals surface area contributed by atoms with Crippen LogP contribution in [0, 0.1) is 28.5 Å². The molecule has 0 saturated carbocycles. The Hall–Kier alpha value is -2.28. The number of benzene rings is 1. The van der Waals surface area contributed by atoms with Crippen molar-refractivity contribution in [3.8, 4) is 6.07 Å². The van der Waals surface area contributed by atoms with Crippen LogP contribution in [0.3, 0.4) is 0 Å². The van der Waals surface area contributed by atoms with E-state index in [0.717, 1.165) is 0 Å². The normalized spacial score (nSPS) is 13.8. The minimum Gasteiger partial charge on any atom is -0.294 e. The van der Waals surface area contributed by atoms with E-state index in [4.69, 9.17) is 0 Å². The molecule has 4 heteroatoms. The Balaban J connectivity index is 2.28. The molecule has 0 spiro atoms. The fourth-order valence-electron chi connectivity index (χ4n) is 2.79. The Kier molecular flexibility index (Phi) is 4.56. The summed E-state index contributed by atoms with van der Waals surface area (Å²) in [5, 5.41) is 9.96. The van der Waals surface area contributed by atoms with Crippen LogP contribution in [0.2, 0.25) is 0 Å². The lowest BCUT2D eigenvalue weighted by molar-refractivity contribution is 0.0937. The van der Waals surface area contributed by atoms with E-state index in [9.17, 15) is 14.4 Å². The topological polar surface area (TPSA) is 53.8 Å². The summed E-state index contributed by atoms with van der Waals surface area (Å²) in [7, 11) is 0. The molecule has 1 unspecified atom stereocenters. The van der Waals surface area contributed by atoms with Crippen molar-refractivity contribution in [3.63, 3.8) is 0 Å². The highest BCUT2D eigenvalue weighted by molar-refractivity contribution is 5.99. The van der Waals surface area contributed by atoms with Crippen molar-refractivity contribution in [2.75, 3.05) is 0 Å². The first-order valence-corrected chi connectivity index (χ1v) is 7.33. The predicted octanol–water partition coefficient (Wildman–Crippen LogP) is 4.52. The monoisotopic (exact) mass is 298 g/mol. The number of carbonyl (C=O) groups is 1. The van der Waals surface area contributed by atoms with Crippen LogP contribution in [0.1, 0.15) is 44.0 Å². The van der Waals surface area contributed by atoms with Crippen molar-refractivity contribution in [1.82, 2.24) is 4.98 Å². The van der Waals surface area contributed by atoms with Crippen LogP contribution in [-0.4, -0.2) is 10.8 Å². The zero-order chi connectivity index (χ0) is 16.3. The second kappa shape index (κ2) is 6.23. The number of pyridine rings is 1. The largest absolute Gasteiger partial charge is 0.294 e. The van der Waals surface area contributed by atoms with Gasteiger partial charge in [0.25, 0.3) is 0 Å². The number of aromatic nitrogens is 1. The van der Waals surface area contributed by atoms with Crippen molar-refractivity contribution in [2.24, 2.45) is 11.3 Å². The zero-order valence-corrected chi connectivity index (χ0v) is 13.1. The third-order valence-electron chi connectivity index (χ3n) is 3.66. The van der Waals surface area contributed by atoms with Gasteiger partial charge in [-0.25, -0.2) is 4.39 Å². The van der Waals surface area contributed by atoms with E-state index in [1.807, 2.05) is 13.8 Å². The molecule has 0 amide bonds. The van der Waals surface area contributed by atoms with Crippen LogP contribution < -0.4 is 0 Å². The quantitative estimate of drug-likeness (QED) is 0.762. The third kappa shape index (κ3) is 3.48. The number of ketones is 1. The molecule has 0 fully saturated rings. The third-order valence-corrected chi connectivity index (χ3v) is 3.66. The maximum absolute atomic E-state index is 13.6. The van der Waals surface area contributed by atoms with Crippen molar-refractivity contribution < 1.29 is 9.18 Å². The van der Waals surface area contributed by atoms with Gasteiger partial charge in [0, 0.05) is 23.6 Å². The molecule has 0 aliphatic heterocycles. The van der Waals surface area contributed by atoms with Gasteiger partial charge >= 0.3 is 0 Å². The van der Waals surface area contributed by atoms with Gasteiger partial charge in [-0.3, -0.25) is 9.78 Å².